The van der Waals surface area contributed by atoms with Crippen molar-refractivity contribution in [2.24, 2.45) is 0 Å². The van der Waals surface area contributed by atoms with Crippen LogP contribution in [0, 0.1) is 17.1 Å². The Labute approximate surface area is 195 Å². The molecule has 0 saturated heterocycles. The van der Waals surface area contributed by atoms with Crippen LogP contribution < -0.4 is 24.3 Å². The molecule has 2 aromatic heterocycles. The smallest absolute Gasteiger partial charge is 0.203 e. The molecule has 0 radical (unpaired) electrons. The van der Waals surface area contributed by atoms with Gasteiger partial charge in [0.15, 0.2) is 34.5 Å². The van der Waals surface area contributed by atoms with Gasteiger partial charge in [0.25, 0.3) is 0 Å². The molecule has 10 heteroatoms. The standard InChI is InChI=1S/C24H24FN5O4/c1-13(2)34-18-10-16(6-7-17(18)25)28-24-21(29-23-15(11-26)12-27-30(23)24)14-8-19(31-3)22(33-5)20(9-14)32-4/h6-10,12-13,27-28H,1-5H3. The molecular weight excluding hydrogens is 441 g/mol. The Balaban J connectivity index is 1.89. The first-order valence-corrected chi connectivity index (χ1v) is 10.4. The quantitative estimate of drug-likeness (QED) is 0.381. The molecule has 9 nitrogen and oxygen atoms in total. The Kier molecular flexibility index (Phi) is 6.19. The van der Waals surface area contributed by atoms with Gasteiger partial charge in [0, 0.05) is 23.5 Å². The molecule has 176 valence electrons. The number of nitrogens with zero attached hydrogens (tertiary/aromatic N) is 3. The van der Waals surface area contributed by atoms with Gasteiger partial charge in [-0.05, 0) is 38.1 Å². The van der Waals surface area contributed by atoms with Gasteiger partial charge in [0.05, 0.1) is 27.4 Å². The van der Waals surface area contributed by atoms with Crippen molar-refractivity contribution in [3.8, 4) is 40.3 Å². The summed E-state index contributed by atoms with van der Waals surface area (Å²) in [6, 6.07) is 10.1. The molecule has 34 heavy (non-hydrogen) atoms. The summed E-state index contributed by atoms with van der Waals surface area (Å²) in [7, 11) is 4.58. The largest absolute Gasteiger partial charge is 0.493 e. The van der Waals surface area contributed by atoms with Gasteiger partial charge in [-0.2, -0.15) is 5.26 Å². The van der Waals surface area contributed by atoms with Gasteiger partial charge in [-0.1, -0.05) is 0 Å². The molecule has 0 aliphatic carbocycles. The number of hydrogen-bond donors (Lipinski definition) is 2. The van der Waals surface area contributed by atoms with Gasteiger partial charge in [-0.3, -0.25) is 5.10 Å². The van der Waals surface area contributed by atoms with Crippen LogP contribution in [0.1, 0.15) is 19.4 Å². The van der Waals surface area contributed by atoms with Crippen molar-refractivity contribution in [3.05, 3.63) is 47.9 Å². The molecule has 0 atom stereocenters. The summed E-state index contributed by atoms with van der Waals surface area (Å²) in [6.07, 6.45) is 1.37. The molecule has 2 aromatic carbocycles. The molecule has 2 heterocycles. The van der Waals surface area contributed by atoms with Crippen molar-refractivity contribution >= 4 is 17.2 Å². The number of imidazole rings is 1. The van der Waals surface area contributed by atoms with Gasteiger partial charge in [-0.15, -0.1) is 0 Å². The van der Waals surface area contributed by atoms with Crippen molar-refractivity contribution in [1.29, 1.82) is 5.26 Å². The topological polar surface area (TPSA) is 106 Å². The third-order valence-electron chi connectivity index (χ3n) is 5.07. The molecule has 0 unspecified atom stereocenters. The lowest BCUT2D eigenvalue weighted by Crippen LogP contribution is -2.07. The minimum atomic E-state index is -0.464. The Morgan fingerprint density at radius 1 is 1.06 bits per heavy atom. The lowest BCUT2D eigenvalue weighted by Gasteiger charge is -2.15. The normalized spacial score (nSPS) is 10.9. The van der Waals surface area contributed by atoms with E-state index in [0.29, 0.717) is 51.2 Å². The van der Waals surface area contributed by atoms with Crippen LogP contribution in [-0.2, 0) is 0 Å². The highest BCUT2D eigenvalue weighted by Gasteiger charge is 2.22. The molecule has 0 bridgehead atoms. The molecule has 0 amide bonds. The molecular formula is C24H24FN5O4. The number of aromatic amines is 1. The van der Waals surface area contributed by atoms with E-state index in [4.69, 9.17) is 23.9 Å². The number of anilines is 2. The van der Waals surface area contributed by atoms with Crippen LogP contribution in [-0.4, -0.2) is 42.0 Å². The predicted molar refractivity (Wildman–Crippen MR) is 125 cm³/mol. The predicted octanol–water partition coefficient (Wildman–Crippen LogP) is 4.90. The molecule has 0 spiro atoms. The molecule has 0 saturated carbocycles. The van der Waals surface area contributed by atoms with Crippen molar-refractivity contribution in [2.75, 3.05) is 26.6 Å². The number of H-pyrrole nitrogens is 1. The van der Waals surface area contributed by atoms with Crippen LogP contribution in [0.3, 0.4) is 0 Å². The van der Waals surface area contributed by atoms with Crippen molar-refractivity contribution in [1.82, 2.24) is 14.6 Å². The number of rotatable bonds is 8. The van der Waals surface area contributed by atoms with Crippen LogP contribution in [0.2, 0.25) is 0 Å². The minimum Gasteiger partial charge on any atom is -0.493 e. The van der Waals surface area contributed by atoms with E-state index in [2.05, 4.69) is 16.5 Å². The van der Waals surface area contributed by atoms with Crippen LogP contribution in [0.5, 0.6) is 23.0 Å². The summed E-state index contributed by atoms with van der Waals surface area (Å²) in [5.74, 6) is 1.53. The lowest BCUT2D eigenvalue weighted by atomic mass is 10.1. The van der Waals surface area contributed by atoms with E-state index >= 15 is 0 Å². The zero-order valence-corrected chi connectivity index (χ0v) is 19.4. The van der Waals surface area contributed by atoms with E-state index in [9.17, 15) is 9.65 Å². The number of fused-ring (bicyclic) bond motifs is 1. The lowest BCUT2D eigenvalue weighted by molar-refractivity contribution is 0.231. The van der Waals surface area contributed by atoms with Crippen molar-refractivity contribution in [3.63, 3.8) is 0 Å². The summed E-state index contributed by atoms with van der Waals surface area (Å²) >= 11 is 0. The monoisotopic (exact) mass is 465 g/mol. The first-order valence-electron chi connectivity index (χ1n) is 10.4. The number of halogens is 1. The number of nitriles is 1. The van der Waals surface area contributed by atoms with E-state index in [0.717, 1.165) is 0 Å². The van der Waals surface area contributed by atoms with E-state index in [1.54, 1.807) is 35.0 Å². The second-order valence-corrected chi connectivity index (χ2v) is 7.62. The second-order valence-electron chi connectivity index (χ2n) is 7.62. The summed E-state index contributed by atoms with van der Waals surface area (Å²) in [6.45, 7) is 3.65. The fourth-order valence-corrected chi connectivity index (χ4v) is 3.60. The third-order valence-corrected chi connectivity index (χ3v) is 5.07. The first-order chi connectivity index (χ1) is 16.4. The van der Waals surface area contributed by atoms with Gasteiger partial charge >= 0.3 is 0 Å². The fourth-order valence-electron chi connectivity index (χ4n) is 3.60. The van der Waals surface area contributed by atoms with E-state index in [1.807, 2.05) is 13.8 Å². The van der Waals surface area contributed by atoms with E-state index < -0.39 is 5.82 Å². The maximum Gasteiger partial charge on any atom is 0.203 e. The summed E-state index contributed by atoms with van der Waals surface area (Å²) in [5.41, 5.74) is 2.52. The van der Waals surface area contributed by atoms with Crippen molar-refractivity contribution < 1.29 is 23.3 Å². The van der Waals surface area contributed by atoms with Crippen LogP contribution in [0.25, 0.3) is 16.9 Å². The molecule has 4 aromatic rings. The maximum absolute atomic E-state index is 14.2. The van der Waals surface area contributed by atoms with Gasteiger partial charge < -0.3 is 24.3 Å². The second kappa shape index (κ2) is 9.23. The maximum atomic E-state index is 14.2. The van der Waals surface area contributed by atoms with Gasteiger partial charge in [-0.25, -0.2) is 13.9 Å². The third kappa shape index (κ3) is 4.03. The van der Waals surface area contributed by atoms with E-state index in [1.165, 1.54) is 27.4 Å². The highest BCUT2D eigenvalue weighted by molar-refractivity contribution is 5.83. The van der Waals surface area contributed by atoms with Gasteiger partial charge in [0.1, 0.15) is 17.3 Å². The molecule has 0 fully saturated rings. The Bertz CT molecular complexity index is 1360. The Hall–Kier alpha value is -4.39. The SMILES string of the molecule is COc1cc(-c2nc3c(C#N)c[nH]n3c2Nc2ccc(F)c(OC(C)C)c2)cc(OC)c1OC. The highest BCUT2D eigenvalue weighted by Crippen LogP contribution is 2.43. The number of ether oxygens (including phenoxy) is 4. The molecule has 0 aliphatic heterocycles. The molecule has 2 N–H and O–H groups in total. The van der Waals surface area contributed by atoms with E-state index in [-0.39, 0.29) is 11.9 Å². The number of hydrogen-bond acceptors (Lipinski definition) is 7. The zero-order valence-electron chi connectivity index (χ0n) is 19.4. The van der Waals surface area contributed by atoms with Crippen LogP contribution >= 0.6 is 0 Å². The Morgan fingerprint density at radius 3 is 2.35 bits per heavy atom. The first kappa shape index (κ1) is 22.8. The minimum absolute atomic E-state index is 0.124. The number of methoxy groups -OCH3 is 3. The number of aromatic nitrogens is 3. The molecule has 0 aliphatic rings. The average Bonchev–Trinajstić information content (AvgIpc) is 3.39. The average molecular weight is 465 g/mol. The zero-order chi connectivity index (χ0) is 24.4. The van der Waals surface area contributed by atoms with Crippen LogP contribution in [0.15, 0.2) is 36.5 Å². The summed E-state index contributed by atoms with van der Waals surface area (Å²) in [5, 5.41) is 15.8. The summed E-state index contributed by atoms with van der Waals surface area (Å²) < 4.78 is 37.9. The molecule has 4 rings (SSSR count). The fraction of sp³-hybridized carbons (Fsp3) is 0.250. The summed E-state index contributed by atoms with van der Waals surface area (Å²) in [4.78, 5) is 4.69. The van der Waals surface area contributed by atoms with Crippen LogP contribution in [0.4, 0.5) is 15.9 Å². The number of benzene rings is 2. The Morgan fingerprint density at radius 2 is 1.76 bits per heavy atom. The van der Waals surface area contributed by atoms with Crippen molar-refractivity contribution in [2.45, 2.75) is 20.0 Å². The van der Waals surface area contributed by atoms with Gasteiger partial charge in [0.2, 0.25) is 5.75 Å². The highest BCUT2D eigenvalue weighted by atomic mass is 19.1. The number of nitrogens with one attached hydrogen (secondary N) is 2.